The molecule has 0 saturated heterocycles. The second-order valence-electron chi connectivity index (χ2n) is 30.8. The van der Waals surface area contributed by atoms with Gasteiger partial charge < -0.3 is 0 Å². The predicted octanol–water partition coefficient (Wildman–Crippen LogP) is 26.7. The van der Waals surface area contributed by atoms with Crippen molar-refractivity contribution < 1.29 is 14.2 Å². The molecule has 14 aromatic rings. The highest BCUT2D eigenvalue weighted by molar-refractivity contribution is 7.29. The lowest BCUT2D eigenvalue weighted by atomic mass is 9.66. The Hall–Kier alpha value is -11.2. The predicted molar refractivity (Wildman–Crippen MR) is 468 cm³/mol. The third kappa shape index (κ3) is 11.9. The van der Waals surface area contributed by atoms with Crippen molar-refractivity contribution >= 4 is 145 Å². The van der Waals surface area contributed by atoms with E-state index in [0.29, 0.717) is 55.6 Å². The zero-order chi connectivity index (χ0) is 77.9. The van der Waals surface area contributed by atoms with E-state index in [1.165, 1.54) is 59.7 Å². The molecule has 18 rings (SSSR count). The number of rotatable bonds is 26. The summed E-state index contributed by atoms with van der Waals surface area (Å²) in [5.41, 5.74) is 17.5. The van der Waals surface area contributed by atoms with Crippen LogP contribution in [0.4, 0.5) is 0 Å². The molecule has 4 aliphatic carbocycles. The van der Waals surface area contributed by atoms with Crippen LogP contribution in [0.5, 0.6) is 0 Å². The SMILES string of the molecule is [C-]#[N+]/C(C#N)=C1/C(=C/c2cc3c(s2)-c2sc4c5nonc5c5c6c7c(sc6c6nsnc6c5c4c2C3(c2ccc(CCCCCC)cc2)c2ccc(CCCCCC)cc2)-c2sc(/C=C3\C(=O)c4ccccc4C3=C(C#N)C#N)cc2C7(c2ccc(CCCCCC)cc2)c2ccc(CCCCCC)cc2)C(=O)c2ccccc21. The van der Waals surface area contributed by atoms with Gasteiger partial charge in [0, 0.05) is 64.7 Å². The van der Waals surface area contributed by atoms with Crippen LogP contribution in [0.1, 0.15) is 239 Å². The highest BCUT2D eigenvalue weighted by Gasteiger charge is 2.54. The number of carbonyl (C=O) groups excluding carboxylic acids is 2. The minimum Gasteiger partial charge on any atom is -0.289 e. The summed E-state index contributed by atoms with van der Waals surface area (Å²) in [5.74, 6) is -0.460. The molecule has 11 nitrogen and oxygen atoms in total. The van der Waals surface area contributed by atoms with Crippen LogP contribution < -0.4 is 0 Å². The van der Waals surface area contributed by atoms with Gasteiger partial charge in [0.2, 0.25) is 0 Å². The molecule has 16 heteroatoms. The molecule has 0 saturated carbocycles. The highest BCUT2D eigenvalue weighted by atomic mass is 32.1. The average molecular weight is 1580 g/mol. The number of unbranched alkanes of at least 4 members (excludes halogenated alkanes) is 12. The molecule has 8 aromatic carbocycles. The van der Waals surface area contributed by atoms with Crippen molar-refractivity contribution in [3.05, 3.63) is 290 Å². The Bertz CT molecular complexity index is 6030. The van der Waals surface area contributed by atoms with Gasteiger partial charge in [-0.3, -0.25) is 9.59 Å². The topological polar surface area (TPSA) is 175 Å². The van der Waals surface area contributed by atoms with Crippen molar-refractivity contribution in [3.8, 4) is 37.7 Å². The fourth-order valence-electron chi connectivity index (χ4n) is 18.8. The van der Waals surface area contributed by atoms with E-state index in [9.17, 15) is 25.4 Å². The smallest absolute Gasteiger partial charge is 0.270 e. The van der Waals surface area contributed by atoms with Gasteiger partial charge in [0.05, 0.1) is 64.1 Å². The molecular weight excluding hydrogens is 1500 g/mol. The highest BCUT2D eigenvalue weighted by Crippen LogP contribution is 2.69. The van der Waals surface area contributed by atoms with Crippen LogP contribution in [0.15, 0.2) is 185 Å². The number of ketones is 2. The first kappa shape index (κ1) is 74.2. The maximum absolute atomic E-state index is 14.9. The van der Waals surface area contributed by atoms with Crippen LogP contribution in [0.25, 0.3) is 101 Å². The Kier molecular flexibility index (Phi) is 20.2. The molecule has 4 aliphatic rings. The van der Waals surface area contributed by atoms with E-state index >= 15 is 0 Å². The number of thiophene rings is 4. The molecule has 0 amide bonds. The fourth-order valence-corrected chi connectivity index (χ4v) is 24.7. The maximum atomic E-state index is 14.9. The molecule has 0 aliphatic heterocycles. The second-order valence-corrected chi connectivity index (χ2v) is 35.5. The van der Waals surface area contributed by atoms with Gasteiger partial charge in [-0.05, 0) is 164 Å². The third-order valence-electron chi connectivity index (χ3n) is 24.2. The number of aryl methyl sites for hydroxylation is 4. The van der Waals surface area contributed by atoms with Gasteiger partial charge in [0.15, 0.2) is 17.1 Å². The van der Waals surface area contributed by atoms with Crippen molar-refractivity contribution in [1.82, 2.24) is 19.1 Å². The van der Waals surface area contributed by atoms with Crippen LogP contribution in [0, 0.1) is 40.6 Å². The summed E-state index contributed by atoms with van der Waals surface area (Å²) in [4.78, 5) is 39.4. The number of hydrogen-bond donors (Lipinski definition) is 0. The van der Waals surface area contributed by atoms with Gasteiger partial charge in [0.1, 0.15) is 34.3 Å². The van der Waals surface area contributed by atoms with Crippen LogP contribution in [-0.4, -0.2) is 30.6 Å². The Morgan fingerprint density at radius 2 is 0.807 bits per heavy atom. The number of nitrogens with zero attached hydrogens (tertiary/aromatic N) is 8. The molecule has 0 radical (unpaired) electrons. The van der Waals surface area contributed by atoms with Crippen LogP contribution >= 0.6 is 57.1 Å². The van der Waals surface area contributed by atoms with Crippen molar-refractivity contribution in [1.29, 1.82) is 15.8 Å². The molecule has 0 atom stereocenters. The Labute approximate surface area is 683 Å². The second kappa shape index (κ2) is 31.0. The van der Waals surface area contributed by atoms with Gasteiger partial charge in [-0.15, -0.1) is 45.3 Å². The Morgan fingerprint density at radius 3 is 1.21 bits per heavy atom. The number of nitriles is 3. The van der Waals surface area contributed by atoms with E-state index in [2.05, 4.69) is 160 Å². The molecular formula is C98H80N8O3S5. The van der Waals surface area contributed by atoms with Crippen molar-refractivity contribution in [2.24, 2.45) is 0 Å². The van der Waals surface area contributed by atoms with Crippen molar-refractivity contribution in [3.63, 3.8) is 0 Å². The summed E-state index contributed by atoms with van der Waals surface area (Å²) in [6, 6.07) is 63.1. The summed E-state index contributed by atoms with van der Waals surface area (Å²) in [6.07, 6.45) is 25.9. The minimum atomic E-state index is -1.03. The molecule has 0 spiro atoms. The molecule has 6 heterocycles. The third-order valence-corrected chi connectivity index (χ3v) is 29.6. The zero-order valence-corrected chi connectivity index (χ0v) is 68.2. The van der Waals surface area contributed by atoms with E-state index in [1.54, 1.807) is 57.5 Å². The summed E-state index contributed by atoms with van der Waals surface area (Å²) in [7, 11) is 0. The quantitative estimate of drug-likeness (QED) is 0.0220. The average Bonchev–Trinajstić information content (AvgIpc) is 1.48. The summed E-state index contributed by atoms with van der Waals surface area (Å²) < 4.78 is 19.1. The van der Waals surface area contributed by atoms with Gasteiger partial charge in [-0.25, -0.2) is 14.7 Å². The van der Waals surface area contributed by atoms with Crippen molar-refractivity contribution in [2.75, 3.05) is 0 Å². The first-order valence-electron chi connectivity index (χ1n) is 40.3. The number of hydrogen-bond acceptors (Lipinski definition) is 15. The minimum absolute atomic E-state index is 0.113. The maximum Gasteiger partial charge on any atom is 0.270 e. The molecule has 0 unspecified atom stereocenters. The normalized spacial score (nSPS) is 15.3. The summed E-state index contributed by atoms with van der Waals surface area (Å²) >= 11 is 7.86. The molecule has 0 fully saturated rings. The lowest BCUT2D eigenvalue weighted by Crippen LogP contribution is -2.28. The number of benzene rings is 8. The van der Waals surface area contributed by atoms with Crippen LogP contribution in [0.2, 0.25) is 0 Å². The van der Waals surface area contributed by atoms with E-state index in [1.807, 2.05) is 48.6 Å². The molecule has 560 valence electrons. The number of fused-ring (bicyclic) bond motifs is 21. The van der Waals surface area contributed by atoms with E-state index < -0.39 is 10.8 Å². The largest absolute Gasteiger partial charge is 0.289 e. The van der Waals surface area contributed by atoms with Gasteiger partial charge >= 0.3 is 0 Å². The zero-order valence-electron chi connectivity index (χ0n) is 64.2. The van der Waals surface area contributed by atoms with Gasteiger partial charge in [-0.1, -0.05) is 250 Å². The van der Waals surface area contributed by atoms with E-state index in [-0.39, 0.29) is 22.8 Å². The van der Waals surface area contributed by atoms with E-state index in [4.69, 9.17) is 30.3 Å². The van der Waals surface area contributed by atoms with Gasteiger partial charge in [0.25, 0.3) is 5.70 Å². The lowest BCUT2D eigenvalue weighted by molar-refractivity contribution is 0.103. The number of carbonyl (C=O) groups is 2. The van der Waals surface area contributed by atoms with E-state index in [0.717, 1.165) is 218 Å². The lowest BCUT2D eigenvalue weighted by Gasteiger charge is -2.34. The Morgan fingerprint density at radius 1 is 0.430 bits per heavy atom. The fraction of sp³-hybridized carbons (Fsp3) is 0.265. The van der Waals surface area contributed by atoms with Gasteiger partial charge in [-0.2, -0.15) is 19.3 Å². The molecule has 114 heavy (non-hydrogen) atoms. The Balaban J connectivity index is 0.959. The standard InChI is InChI=1S/C98H80N8O3S5/c1-6-10-14-18-26-57-34-42-62(43-35-57)97(63-44-36-58(37-45-63)27-19-15-11-7-2)74-52-66(50-72-77(61(54-99)55-100)68-30-22-24-32-70(68)89(72)107)110-92(74)96-83(97)81-79-80(86-88(94(81)113-96)106-114-105-86)82-84-95(112-93(82)87-85(79)103-109-104-87)91-75(53-67(111-91)51-73-78(76(56-101)102-5)69-31-23-25-33-71(69)90(73)108)98(84,64-46-38-59(39-47-64)28-20-16-12-8-3)65-48-40-60(41-49-65)29-21-17-13-9-4/h22-25,30-53H,6-21,26-29H2,1-4H3/b72-50-,73-51-,78-76+. The summed E-state index contributed by atoms with van der Waals surface area (Å²) in [6.45, 7) is 17.3. The first-order chi connectivity index (χ1) is 56.1. The van der Waals surface area contributed by atoms with Crippen molar-refractivity contribution in [2.45, 2.75) is 167 Å². The number of aromatic nitrogens is 4. The monoisotopic (exact) mass is 1580 g/mol. The van der Waals surface area contributed by atoms with Crippen LogP contribution in [0.3, 0.4) is 0 Å². The first-order valence-corrected chi connectivity index (χ1v) is 44.3. The molecule has 6 aromatic heterocycles. The summed E-state index contributed by atoms with van der Waals surface area (Å²) in [5, 5.41) is 45.7. The number of allylic oxidation sites excluding steroid dienone is 6. The number of Topliss-reactive ketones (excluding diaryl/α,β-unsaturated/α-hetero) is 2. The molecule has 0 N–H and O–H groups in total. The molecule has 0 bridgehead atoms. The van der Waals surface area contributed by atoms with Crippen LogP contribution in [-0.2, 0) is 36.5 Å².